The number of thioether (sulfide) groups is 1. The summed E-state index contributed by atoms with van der Waals surface area (Å²) in [6.45, 7) is -6.44. The lowest BCUT2D eigenvalue weighted by atomic mass is 10.1. The molecule has 2 fully saturated rings. The number of nitrogen functional groups attached to an aromatic ring is 2. The highest BCUT2D eigenvalue weighted by molar-refractivity contribution is 8.44. The molecule has 3 unspecified atom stereocenters. The monoisotopic (exact) mass is 649 g/mol. The van der Waals surface area contributed by atoms with E-state index in [0.29, 0.717) is 4.68 Å². The minimum Gasteiger partial charge on any atom is -0.395 e. The number of nitrogens with one attached hydrogen (secondary N) is 1. The summed E-state index contributed by atoms with van der Waals surface area (Å²) in [6.07, 6.45) is -4.46. The van der Waals surface area contributed by atoms with Gasteiger partial charge < -0.3 is 26.4 Å². The van der Waals surface area contributed by atoms with Crippen molar-refractivity contribution in [1.29, 1.82) is 0 Å². The highest BCUT2D eigenvalue weighted by Gasteiger charge is 2.55. The second-order valence-electron chi connectivity index (χ2n) is 9.35. The molecule has 7 N–H and O–H groups in total. The van der Waals surface area contributed by atoms with E-state index in [0.717, 1.165) is 18.1 Å². The molecule has 0 bridgehead atoms. The van der Waals surface area contributed by atoms with E-state index in [2.05, 4.69) is 47.5 Å². The third kappa shape index (κ3) is 4.80. The number of aliphatic hydroxyl groups excluding tert-OH is 2. The molecule has 6 rings (SSSR count). The molecule has 2 aliphatic rings. The number of aromatic nitrogens is 9. The van der Waals surface area contributed by atoms with Gasteiger partial charge in [0.05, 0.1) is 24.8 Å². The van der Waals surface area contributed by atoms with Gasteiger partial charge in [-0.15, -0.1) is 16.9 Å². The molecule has 4 aromatic rings. The van der Waals surface area contributed by atoms with Gasteiger partial charge in [0.25, 0.3) is 11.4 Å². The number of ether oxygens (including phenoxy) is 1. The van der Waals surface area contributed by atoms with Crippen LogP contribution in [-0.4, -0.2) is 104 Å². The normalized spacial score (nSPS) is 31.3. The van der Waals surface area contributed by atoms with E-state index in [1.165, 1.54) is 10.9 Å². The topological polar surface area (TPSA) is 257 Å². The van der Waals surface area contributed by atoms with Gasteiger partial charge in [0.2, 0.25) is 5.95 Å². The maximum atomic E-state index is 15.9. The molecular weight excluding hydrogens is 627 g/mol. The number of nitrogens with zero attached hydrogens (tertiary/aromatic N) is 8. The third-order valence-corrected chi connectivity index (χ3v) is 9.90. The Morgan fingerprint density at radius 1 is 1.31 bits per heavy atom. The Kier molecular flexibility index (Phi) is 7.37. The van der Waals surface area contributed by atoms with Gasteiger partial charge in [-0.25, -0.2) is 28.3 Å². The second-order valence-corrected chi connectivity index (χ2v) is 13.6. The quantitative estimate of drug-likeness (QED) is 0.102. The van der Waals surface area contributed by atoms with Crippen LogP contribution >= 0.6 is 30.8 Å². The zero-order valence-corrected chi connectivity index (χ0v) is 23.6. The van der Waals surface area contributed by atoms with Crippen molar-refractivity contribution in [2.75, 3.05) is 31.3 Å². The van der Waals surface area contributed by atoms with Gasteiger partial charge in [0.15, 0.2) is 28.1 Å². The number of H-pyrrole nitrogens is 1. The van der Waals surface area contributed by atoms with E-state index in [1.807, 2.05) is 0 Å². The van der Waals surface area contributed by atoms with Crippen molar-refractivity contribution in [3.63, 3.8) is 0 Å². The first-order valence-electron chi connectivity index (χ1n) is 12.0. The van der Waals surface area contributed by atoms with E-state index in [1.54, 1.807) is 0 Å². The molecule has 2 aliphatic heterocycles. The van der Waals surface area contributed by atoms with Crippen molar-refractivity contribution in [2.45, 2.75) is 40.9 Å². The molecular formula is C19H22F2N11O7PS2. The Labute approximate surface area is 241 Å². The zero-order chi connectivity index (χ0) is 30.0. The van der Waals surface area contributed by atoms with Gasteiger partial charge in [0.1, 0.15) is 42.8 Å². The van der Waals surface area contributed by atoms with Crippen molar-refractivity contribution in [3.8, 4) is 0 Å². The highest BCUT2D eigenvalue weighted by Crippen LogP contribution is 2.59. The van der Waals surface area contributed by atoms with Crippen LogP contribution in [0.5, 0.6) is 0 Å². The minimum atomic E-state index is -4.43. The van der Waals surface area contributed by atoms with Crippen LogP contribution in [0.4, 0.5) is 20.5 Å². The summed E-state index contributed by atoms with van der Waals surface area (Å²) in [4.78, 5) is 30.2. The van der Waals surface area contributed by atoms with Crippen molar-refractivity contribution in [1.82, 2.24) is 44.5 Å². The lowest BCUT2D eigenvalue weighted by molar-refractivity contribution is -0.0534. The molecule has 0 amide bonds. The average Bonchev–Trinajstić information content (AvgIpc) is 3.70. The number of fused-ring (bicyclic) bond motifs is 2. The molecule has 2 saturated heterocycles. The lowest BCUT2D eigenvalue weighted by Crippen LogP contribution is -2.44. The van der Waals surface area contributed by atoms with E-state index < -0.39 is 73.1 Å². The molecule has 42 heavy (non-hydrogen) atoms. The Hall–Kier alpha value is -2.98. The number of nitrogens with two attached hydrogens (primary N) is 2. The molecule has 0 aliphatic carbocycles. The molecule has 0 saturated carbocycles. The molecule has 6 heterocycles. The van der Waals surface area contributed by atoms with Crippen molar-refractivity contribution < 1.29 is 37.3 Å². The van der Waals surface area contributed by atoms with Gasteiger partial charge in [-0.2, -0.15) is 9.67 Å². The van der Waals surface area contributed by atoms with E-state index in [-0.39, 0.29) is 34.1 Å². The molecule has 0 radical (unpaired) electrons. The standard InChI is InChI=1S/C19H22F2N11O7PS2/c20-8-7(1-33)42-17(31-5-26-10-15(31)27-18(23)28-16(10)35)11(8)39-40(36,41)38-2-6-12(34)19(21,3-37-6)32-14-9(29-30-32)13(22)24-4-25-14/h4-8,11-12,17,33-34H,1-3H2,(H,36,41)(H2,22,24,25)(H3,23,27,28,35)/t6-,7-,8+,11?,12-,17-,19?,40?/m1/s1. The van der Waals surface area contributed by atoms with Gasteiger partial charge in [-0.05, 0) is 0 Å². The first-order chi connectivity index (χ1) is 19.9. The molecule has 226 valence electrons. The molecule has 4 aromatic heterocycles. The van der Waals surface area contributed by atoms with Crippen LogP contribution in [0.1, 0.15) is 5.37 Å². The molecule has 0 spiro atoms. The van der Waals surface area contributed by atoms with Gasteiger partial charge in [-0.1, -0.05) is 17.5 Å². The van der Waals surface area contributed by atoms with Crippen molar-refractivity contribution >= 4 is 64.9 Å². The van der Waals surface area contributed by atoms with Gasteiger partial charge in [-0.3, -0.25) is 23.4 Å². The Balaban J connectivity index is 1.19. The summed E-state index contributed by atoms with van der Waals surface area (Å²) < 4.78 is 62.7. The summed E-state index contributed by atoms with van der Waals surface area (Å²) in [7, 11) is 0. The molecule has 23 heteroatoms. The minimum absolute atomic E-state index is 0.00233. The second kappa shape index (κ2) is 10.6. The number of aromatic amines is 1. The number of aliphatic hydroxyl groups is 2. The number of anilines is 2. The van der Waals surface area contributed by atoms with Gasteiger partial charge in [0, 0.05) is 0 Å². The SMILES string of the molecule is Nc1nc2c(ncn2[C@@H]2S[C@H](CO)[C@H](F)C2OP(=O)(S)OC[C@H]2OCC(F)(n3nnc4c(N)ncnc43)[C@@H]2O)c(=O)[nH]1. The third-order valence-electron chi connectivity index (χ3n) is 6.75. The Bertz CT molecular complexity index is 1760. The van der Waals surface area contributed by atoms with E-state index in [4.69, 9.17) is 25.3 Å². The number of imidazole rings is 1. The molecule has 0 aromatic carbocycles. The Morgan fingerprint density at radius 3 is 2.86 bits per heavy atom. The van der Waals surface area contributed by atoms with Gasteiger partial charge >= 0.3 is 6.80 Å². The number of hydrogen-bond donors (Lipinski definition) is 6. The predicted molar refractivity (Wildman–Crippen MR) is 145 cm³/mol. The van der Waals surface area contributed by atoms with E-state index in [9.17, 15) is 19.6 Å². The lowest BCUT2D eigenvalue weighted by Gasteiger charge is -2.26. The summed E-state index contributed by atoms with van der Waals surface area (Å²) >= 11 is 4.85. The maximum Gasteiger partial charge on any atom is 0.386 e. The van der Waals surface area contributed by atoms with Crippen molar-refractivity contribution in [3.05, 3.63) is 23.0 Å². The number of hydrogen-bond acceptors (Lipinski definition) is 16. The fraction of sp³-hybridized carbons (Fsp3) is 0.526. The van der Waals surface area contributed by atoms with E-state index >= 15 is 8.78 Å². The molecule has 8 atom stereocenters. The number of thiol groups is 1. The van der Waals surface area contributed by atoms with Crippen LogP contribution < -0.4 is 17.0 Å². The largest absolute Gasteiger partial charge is 0.395 e. The maximum absolute atomic E-state index is 15.9. The summed E-state index contributed by atoms with van der Waals surface area (Å²) in [6, 6.07) is 0. The summed E-state index contributed by atoms with van der Waals surface area (Å²) in [5.74, 6) is -2.93. The fourth-order valence-electron chi connectivity index (χ4n) is 4.69. The summed E-state index contributed by atoms with van der Waals surface area (Å²) in [5.41, 5.74) is 10.5. The first kappa shape index (κ1) is 29.1. The van der Waals surface area contributed by atoms with Crippen LogP contribution in [0.2, 0.25) is 0 Å². The number of halogens is 2. The van der Waals surface area contributed by atoms with Crippen LogP contribution in [-0.2, 0) is 24.1 Å². The van der Waals surface area contributed by atoms with Crippen LogP contribution in [0.3, 0.4) is 0 Å². The molecule has 18 nitrogen and oxygen atoms in total. The zero-order valence-electron chi connectivity index (χ0n) is 21.0. The van der Waals surface area contributed by atoms with Crippen LogP contribution in [0.15, 0.2) is 17.4 Å². The first-order valence-corrected chi connectivity index (χ1v) is 15.7. The highest BCUT2D eigenvalue weighted by atomic mass is 32.7. The summed E-state index contributed by atoms with van der Waals surface area (Å²) in [5, 5.41) is 25.8. The van der Waals surface area contributed by atoms with Crippen LogP contribution in [0, 0.1) is 0 Å². The fourth-order valence-corrected chi connectivity index (χ4v) is 7.63. The van der Waals surface area contributed by atoms with Crippen LogP contribution in [0.25, 0.3) is 22.3 Å². The predicted octanol–water partition coefficient (Wildman–Crippen LogP) is -0.715. The smallest absolute Gasteiger partial charge is 0.386 e. The average molecular weight is 650 g/mol. The number of rotatable bonds is 8. The van der Waals surface area contributed by atoms with Crippen molar-refractivity contribution in [2.24, 2.45) is 0 Å². The number of alkyl halides is 2. The Morgan fingerprint density at radius 2 is 2.10 bits per heavy atom.